The SMILES string of the molecule is CCCCc1cssc1=S. The van der Waals surface area contributed by atoms with E-state index in [-0.39, 0.29) is 0 Å². The molecule has 0 saturated carbocycles. The summed E-state index contributed by atoms with van der Waals surface area (Å²) in [5.41, 5.74) is 1.38. The van der Waals surface area contributed by atoms with Gasteiger partial charge in [0.15, 0.2) is 0 Å². The van der Waals surface area contributed by atoms with Crippen molar-refractivity contribution in [1.29, 1.82) is 0 Å². The van der Waals surface area contributed by atoms with Gasteiger partial charge >= 0.3 is 0 Å². The molecule has 0 aliphatic carbocycles. The number of hydrogen-bond acceptors (Lipinski definition) is 3. The van der Waals surface area contributed by atoms with Crippen LogP contribution in [0.3, 0.4) is 0 Å². The number of rotatable bonds is 3. The van der Waals surface area contributed by atoms with Crippen molar-refractivity contribution in [2.24, 2.45) is 0 Å². The van der Waals surface area contributed by atoms with E-state index in [2.05, 4.69) is 12.3 Å². The topological polar surface area (TPSA) is 0 Å². The molecule has 0 aliphatic rings. The summed E-state index contributed by atoms with van der Waals surface area (Å²) >= 11 is 5.13. The van der Waals surface area contributed by atoms with Gasteiger partial charge in [0.1, 0.15) is 3.82 Å². The van der Waals surface area contributed by atoms with Crippen molar-refractivity contribution < 1.29 is 0 Å². The van der Waals surface area contributed by atoms with Gasteiger partial charge in [0, 0.05) is 5.38 Å². The first-order valence-electron chi connectivity index (χ1n) is 3.41. The van der Waals surface area contributed by atoms with Crippen LogP contribution in [-0.4, -0.2) is 0 Å². The molecule has 0 fully saturated rings. The maximum atomic E-state index is 5.13. The van der Waals surface area contributed by atoms with Crippen molar-refractivity contribution in [3.8, 4) is 0 Å². The van der Waals surface area contributed by atoms with E-state index < -0.39 is 0 Å². The summed E-state index contributed by atoms with van der Waals surface area (Å²) in [4.78, 5) is 0. The minimum atomic E-state index is 1.10. The molecule has 0 saturated heterocycles. The van der Waals surface area contributed by atoms with Crippen molar-refractivity contribution >= 4 is 32.9 Å². The molecule has 0 bridgehead atoms. The van der Waals surface area contributed by atoms with Crippen LogP contribution in [0, 0.1) is 3.82 Å². The predicted molar refractivity (Wildman–Crippen MR) is 51.6 cm³/mol. The van der Waals surface area contributed by atoms with Crippen molar-refractivity contribution in [3.63, 3.8) is 0 Å². The zero-order valence-corrected chi connectivity index (χ0v) is 8.37. The Labute approximate surface area is 73.9 Å². The van der Waals surface area contributed by atoms with Crippen molar-refractivity contribution in [3.05, 3.63) is 14.8 Å². The van der Waals surface area contributed by atoms with Crippen LogP contribution in [-0.2, 0) is 6.42 Å². The van der Waals surface area contributed by atoms with Crippen LogP contribution in [0.2, 0.25) is 0 Å². The zero-order valence-electron chi connectivity index (χ0n) is 5.92. The standard InChI is InChI=1S/C7H10S3/c1-2-3-4-6-5-9-10-7(6)8/h5H,2-4H2,1H3. The molecular weight excluding hydrogens is 180 g/mol. The highest BCUT2D eigenvalue weighted by molar-refractivity contribution is 7.79. The Kier molecular flexibility index (Phi) is 3.52. The largest absolute Gasteiger partial charge is 0.105 e. The van der Waals surface area contributed by atoms with E-state index in [1.165, 1.54) is 24.8 Å². The zero-order chi connectivity index (χ0) is 7.40. The monoisotopic (exact) mass is 190 g/mol. The normalized spacial score (nSPS) is 10.1. The van der Waals surface area contributed by atoms with Crippen molar-refractivity contribution in [2.75, 3.05) is 0 Å². The number of hydrogen-bond donors (Lipinski definition) is 0. The van der Waals surface area contributed by atoms with Gasteiger partial charge in [0.2, 0.25) is 0 Å². The van der Waals surface area contributed by atoms with Gasteiger partial charge in [-0.1, -0.05) is 46.2 Å². The molecule has 0 spiro atoms. The molecule has 0 atom stereocenters. The van der Waals surface area contributed by atoms with E-state index >= 15 is 0 Å². The quantitative estimate of drug-likeness (QED) is 0.515. The highest BCUT2D eigenvalue weighted by atomic mass is 32.9. The van der Waals surface area contributed by atoms with Crippen LogP contribution in [0.5, 0.6) is 0 Å². The lowest BCUT2D eigenvalue weighted by Crippen LogP contribution is -1.79. The van der Waals surface area contributed by atoms with Crippen LogP contribution in [0.4, 0.5) is 0 Å². The highest BCUT2D eigenvalue weighted by Gasteiger charge is 1.95. The van der Waals surface area contributed by atoms with E-state index in [1.54, 1.807) is 20.7 Å². The first-order chi connectivity index (χ1) is 4.84. The molecule has 0 unspecified atom stereocenters. The summed E-state index contributed by atoms with van der Waals surface area (Å²) in [5, 5.41) is 2.18. The average Bonchev–Trinajstić information content (AvgIpc) is 2.31. The van der Waals surface area contributed by atoms with Gasteiger partial charge in [0.25, 0.3) is 0 Å². The molecule has 0 aliphatic heterocycles. The van der Waals surface area contributed by atoms with Gasteiger partial charge in [0.05, 0.1) is 0 Å². The average molecular weight is 190 g/mol. The molecule has 1 heterocycles. The fraction of sp³-hybridized carbons (Fsp3) is 0.571. The summed E-state index contributed by atoms with van der Waals surface area (Å²) in [6, 6.07) is 0. The second-order valence-electron chi connectivity index (χ2n) is 2.21. The molecule has 1 rings (SSSR count). The molecule has 0 radical (unpaired) electrons. The van der Waals surface area contributed by atoms with E-state index in [0.29, 0.717) is 0 Å². The summed E-state index contributed by atoms with van der Waals surface area (Å²) < 4.78 is 1.10. The van der Waals surface area contributed by atoms with Gasteiger partial charge in [-0.05, 0) is 18.4 Å². The molecule has 0 aromatic carbocycles. The molecule has 10 heavy (non-hydrogen) atoms. The molecule has 0 amide bonds. The third-order valence-corrected chi connectivity index (χ3v) is 4.17. The Morgan fingerprint density at radius 1 is 1.60 bits per heavy atom. The Balaban J connectivity index is 2.57. The van der Waals surface area contributed by atoms with E-state index in [1.807, 2.05) is 0 Å². The lowest BCUT2D eigenvalue weighted by atomic mass is 10.2. The lowest BCUT2D eigenvalue weighted by molar-refractivity contribution is 0.797. The van der Waals surface area contributed by atoms with Gasteiger partial charge in [-0.3, -0.25) is 0 Å². The Morgan fingerprint density at radius 3 is 2.90 bits per heavy atom. The number of aryl methyl sites for hydroxylation is 1. The Hall–Kier alpha value is 0.270. The summed E-state index contributed by atoms with van der Waals surface area (Å²) in [5.74, 6) is 0. The maximum Gasteiger partial charge on any atom is 0.105 e. The van der Waals surface area contributed by atoms with Gasteiger partial charge in [-0.25, -0.2) is 0 Å². The second-order valence-corrected chi connectivity index (χ2v) is 4.96. The summed E-state index contributed by atoms with van der Waals surface area (Å²) in [6.07, 6.45) is 3.71. The van der Waals surface area contributed by atoms with Crippen LogP contribution in [0.15, 0.2) is 5.38 Å². The van der Waals surface area contributed by atoms with Crippen molar-refractivity contribution in [2.45, 2.75) is 26.2 Å². The lowest BCUT2D eigenvalue weighted by Gasteiger charge is -1.90. The van der Waals surface area contributed by atoms with Crippen LogP contribution in [0.25, 0.3) is 0 Å². The third kappa shape index (κ3) is 2.15. The minimum absolute atomic E-state index is 1.10. The first-order valence-corrected chi connectivity index (χ1v) is 6.03. The fourth-order valence-corrected chi connectivity index (χ4v) is 3.25. The van der Waals surface area contributed by atoms with Crippen LogP contribution < -0.4 is 0 Å². The third-order valence-electron chi connectivity index (χ3n) is 1.38. The molecule has 56 valence electrons. The second kappa shape index (κ2) is 4.21. The Bertz CT molecular complexity index is 233. The number of unbranched alkanes of at least 4 members (excludes halogenated alkanes) is 1. The molecular formula is C7H10S3. The van der Waals surface area contributed by atoms with E-state index in [4.69, 9.17) is 12.2 Å². The van der Waals surface area contributed by atoms with E-state index in [0.717, 1.165) is 3.82 Å². The van der Waals surface area contributed by atoms with Crippen LogP contribution in [0.1, 0.15) is 25.3 Å². The Morgan fingerprint density at radius 2 is 2.40 bits per heavy atom. The molecule has 0 nitrogen and oxygen atoms in total. The molecule has 1 aromatic heterocycles. The molecule has 1 aromatic rings. The van der Waals surface area contributed by atoms with Gasteiger partial charge in [-0.2, -0.15) is 0 Å². The fourth-order valence-electron chi connectivity index (χ4n) is 0.756. The summed E-state index contributed by atoms with van der Waals surface area (Å²) in [7, 11) is 3.47. The van der Waals surface area contributed by atoms with E-state index in [9.17, 15) is 0 Å². The summed E-state index contributed by atoms with van der Waals surface area (Å²) in [6.45, 7) is 2.21. The van der Waals surface area contributed by atoms with Crippen molar-refractivity contribution in [1.82, 2.24) is 0 Å². The first kappa shape index (κ1) is 8.37. The predicted octanol–water partition coefficient (Wildman–Crippen LogP) is 3.88. The van der Waals surface area contributed by atoms with Crippen LogP contribution >= 0.6 is 32.9 Å². The smallest absolute Gasteiger partial charge is 0.0869 e. The minimum Gasteiger partial charge on any atom is -0.0869 e. The highest BCUT2D eigenvalue weighted by Crippen LogP contribution is 2.18. The van der Waals surface area contributed by atoms with Gasteiger partial charge < -0.3 is 0 Å². The van der Waals surface area contributed by atoms with Gasteiger partial charge in [-0.15, -0.1) is 0 Å². The molecule has 0 N–H and O–H groups in total. The maximum absolute atomic E-state index is 5.13. The molecule has 3 heteroatoms.